The Bertz CT molecular complexity index is 390. The zero-order valence-corrected chi connectivity index (χ0v) is 11.5. The van der Waals surface area contributed by atoms with Gasteiger partial charge in [0.15, 0.2) is 11.6 Å². The van der Waals surface area contributed by atoms with Gasteiger partial charge in [-0.1, -0.05) is 40.7 Å². The fourth-order valence-electron chi connectivity index (χ4n) is 1.86. The lowest BCUT2D eigenvalue weighted by Gasteiger charge is -2.20. The van der Waals surface area contributed by atoms with Gasteiger partial charge < -0.3 is 0 Å². The van der Waals surface area contributed by atoms with Crippen molar-refractivity contribution in [3.63, 3.8) is 0 Å². The third kappa shape index (κ3) is 3.39. The molecule has 0 unspecified atom stereocenters. The van der Waals surface area contributed by atoms with Gasteiger partial charge >= 0.3 is 0 Å². The SMILES string of the molecule is CC(C)C(=O)C1=CC(C(=O)C(C)(C)C)=CCC1. The standard InChI is InChI=1S/C15H22O2/c1-10(2)13(16)11-7-6-8-12(9-11)14(17)15(3,4)5/h8-10H,6-7H2,1-5H3. The minimum atomic E-state index is -0.383. The molecule has 0 amide bonds. The molecule has 1 rings (SSSR count). The fourth-order valence-corrected chi connectivity index (χ4v) is 1.86. The summed E-state index contributed by atoms with van der Waals surface area (Å²) in [6, 6.07) is 0. The van der Waals surface area contributed by atoms with E-state index in [4.69, 9.17) is 0 Å². The van der Waals surface area contributed by atoms with Crippen molar-refractivity contribution in [3.8, 4) is 0 Å². The molecule has 0 heterocycles. The Hall–Kier alpha value is -1.18. The molecule has 0 spiro atoms. The van der Waals surface area contributed by atoms with E-state index in [0.29, 0.717) is 5.57 Å². The van der Waals surface area contributed by atoms with Gasteiger partial charge in [-0.25, -0.2) is 0 Å². The average molecular weight is 234 g/mol. The van der Waals surface area contributed by atoms with Crippen LogP contribution in [0.25, 0.3) is 0 Å². The van der Waals surface area contributed by atoms with E-state index in [9.17, 15) is 9.59 Å². The van der Waals surface area contributed by atoms with Gasteiger partial charge in [0, 0.05) is 16.9 Å². The molecule has 1 aliphatic carbocycles. The zero-order chi connectivity index (χ0) is 13.2. The zero-order valence-electron chi connectivity index (χ0n) is 11.5. The van der Waals surface area contributed by atoms with Gasteiger partial charge in [0.25, 0.3) is 0 Å². The van der Waals surface area contributed by atoms with Crippen LogP contribution >= 0.6 is 0 Å². The largest absolute Gasteiger partial charge is 0.294 e. The third-order valence-corrected chi connectivity index (χ3v) is 2.89. The van der Waals surface area contributed by atoms with E-state index in [1.54, 1.807) is 6.08 Å². The third-order valence-electron chi connectivity index (χ3n) is 2.89. The lowest BCUT2D eigenvalue weighted by molar-refractivity contribution is -0.122. The molecule has 0 aromatic heterocycles. The molecule has 94 valence electrons. The summed E-state index contributed by atoms with van der Waals surface area (Å²) < 4.78 is 0. The Labute approximate surface area is 104 Å². The van der Waals surface area contributed by atoms with Crippen LogP contribution in [0.4, 0.5) is 0 Å². The van der Waals surface area contributed by atoms with Crippen LogP contribution in [-0.4, -0.2) is 11.6 Å². The quantitative estimate of drug-likeness (QED) is 0.749. The van der Waals surface area contributed by atoms with E-state index in [2.05, 4.69) is 0 Å². The van der Waals surface area contributed by atoms with E-state index in [1.165, 1.54) is 0 Å². The van der Waals surface area contributed by atoms with Crippen LogP contribution in [0.15, 0.2) is 23.3 Å². The number of allylic oxidation sites excluding steroid dienone is 4. The number of hydrogen-bond donors (Lipinski definition) is 0. The first-order valence-corrected chi connectivity index (χ1v) is 6.23. The number of hydrogen-bond acceptors (Lipinski definition) is 2. The number of rotatable bonds is 3. The Morgan fingerprint density at radius 3 is 2.29 bits per heavy atom. The summed E-state index contributed by atoms with van der Waals surface area (Å²) in [7, 11) is 0. The van der Waals surface area contributed by atoms with Crippen molar-refractivity contribution in [2.24, 2.45) is 11.3 Å². The summed E-state index contributed by atoms with van der Waals surface area (Å²) >= 11 is 0. The van der Waals surface area contributed by atoms with Gasteiger partial charge in [0.1, 0.15) is 0 Å². The van der Waals surface area contributed by atoms with Crippen molar-refractivity contribution in [1.82, 2.24) is 0 Å². The second-order valence-electron chi connectivity index (χ2n) is 5.97. The number of ketones is 2. The lowest BCUT2D eigenvalue weighted by Crippen LogP contribution is -2.23. The molecule has 0 fully saturated rings. The summed E-state index contributed by atoms with van der Waals surface area (Å²) in [5.74, 6) is 0.286. The van der Waals surface area contributed by atoms with E-state index in [-0.39, 0.29) is 22.9 Å². The summed E-state index contributed by atoms with van der Waals surface area (Å²) in [6.07, 6.45) is 5.30. The monoisotopic (exact) mass is 234 g/mol. The Morgan fingerprint density at radius 1 is 1.24 bits per heavy atom. The molecule has 0 aliphatic heterocycles. The van der Waals surface area contributed by atoms with Gasteiger partial charge in [0.2, 0.25) is 0 Å². The predicted molar refractivity (Wildman–Crippen MR) is 69.7 cm³/mol. The molecule has 0 N–H and O–H groups in total. The Kier molecular flexibility index (Phi) is 4.07. The second kappa shape index (κ2) is 4.99. The van der Waals surface area contributed by atoms with Crippen LogP contribution in [0.3, 0.4) is 0 Å². The van der Waals surface area contributed by atoms with Crippen LogP contribution in [0.5, 0.6) is 0 Å². The maximum atomic E-state index is 12.1. The van der Waals surface area contributed by atoms with E-state index >= 15 is 0 Å². The molecular formula is C15H22O2. The smallest absolute Gasteiger partial charge is 0.167 e. The van der Waals surface area contributed by atoms with Crippen LogP contribution in [-0.2, 0) is 9.59 Å². The Balaban J connectivity index is 2.95. The molecule has 2 heteroatoms. The lowest BCUT2D eigenvalue weighted by atomic mass is 9.82. The average Bonchev–Trinajstić information content (AvgIpc) is 2.25. The molecule has 0 bridgehead atoms. The summed E-state index contributed by atoms with van der Waals surface area (Å²) in [5, 5.41) is 0. The molecule has 0 aromatic rings. The molecule has 0 atom stereocenters. The first-order valence-electron chi connectivity index (χ1n) is 6.23. The topological polar surface area (TPSA) is 34.1 Å². The van der Waals surface area contributed by atoms with Crippen molar-refractivity contribution in [3.05, 3.63) is 23.3 Å². The summed E-state index contributed by atoms with van der Waals surface area (Å²) in [5.41, 5.74) is 1.12. The minimum absolute atomic E-state index is 0.00494. The number of Topliss-reactive ketones (excluding diaryl/α,β-unsaturated/α-hetero) is 2. The van der Waals surface area contributed by atoms with Crippen molar-refractivity contribution >= 4 is 11.6 Å². The molecule has 0 radical (unpaired) electrons. The van der Waals surface area contributed by atoms with Gasteiger partial charge in [0.05, 0.1) is 0 Å². The fraction of sp³-hybridized carbons (Fsp3) is 0.600. The molecule has 2 nitrogen and oxygen atoms in total. The van der Waals surface area contributed by atoms with Crippen molar-refractivity contribution < 1.29 is 9.59 Å². The highest BCUT2D eigenvalue weighted by Gasteiger charge is 2.26. The van der Waals surface area contributed by atoms with E-state index in [0.717, 1.165) is 18.4 Å². The molecule has 1 aliphatic rings. The van der Waals surface area contributed by atoms with Gasteiger partial charge in [-0.15, -0.1) is 0 Å². The van der Waals surface area contributed by atoms with Gasteiger partial charge in [-0.05, 0) is 24.5 Å². The molecule has 17 heavy (non-hydrogen) atoms. The van der Waals surface area contributed by atoms with Crippen molar-refractivity contribution in [2.45, 2.75) is 47.5 Å². The van der Waals surface area contributed by atoms with Crippen LogP contribution in [0.2, 0.25) is 0 Å². The van der Waals surface area contributed by atoms with Crippen LogP contribution in [0, 0.1) is 11.3 Å². The molecular weight excluding hydrogens is 212 g/mol. The van der Waals surface area contributed by atoms with Crippen molar-refractivity contribution in [2.75, 3.05) is 0 Å². The minimum Gasteiger partial charge on any atom is -0.294 e. The number of carbonyl (C=O) groups excluding carboxylic acids is 2. The van der Waals surface area contributed by atoms with Gasteiger partial charge in [-0.2, -0.15) is 0 Å². The first kappa shape index (κ1) is 13.9. The van der Waals surface area contributed by atoms with Crippen LogP contribution in [0.1, 0.15) is 47.5 Å². The summed E-state index contributed by atoms with van der Waals surface area (Å²) in [6.45, 7) is 9.51. The maximum absolute atomic E-state index is 12.1. The van der Waals surface area contributed by atoms with Crippen LogP contribution < -0.4 is 0 Å². The normalized spacial score (nSPS) is 16.6. The highest BCUT2D eigenvalue weighted by atomic mass is 16.1. The molecule has 0 saturated heterocycles. The first-order chi connectivity index (χ1) is 7.73. The highest BCUT2D eigenvalue weighted by Crippen LogP contribution is 2.27. The molecule has 0 aromatic carbocycles. The highest BCUT2D eigenvalue weighted by molar-refractivity contribution is 6.05. The van der Waals surface area contributed by atoms with Crippen molar-refractivity contribution in [1.29, 1.82) is 0 Å². The predicted octanol–water partition coefficient (Wildman–Crippen LogP) is 3.47. The second-order valence-corrected chi connectivity index (χ2v) is 5.97. The molecule has 0 saturated carbocycles. The Morgan fingerprint density at radius 2 is 1.82 bits per heavy atom. The summed E-state index contributed by atoms with van der Waals surface area (Å²) in [4.78, 5) is 24.0. The van der Waals surface area contributed by atoms with Gasteiger partial charge in [-0.3, -0.25) is 9.59 Å². The maximum Gasteiger partial charge on any atom is 0.167 e. The van der Waals surface area contributed by atoms with E-state index in [1.807, 2.05) is 40.7 Å². The van der Waals surface area contributed by atoms with E-state index < -0.39 is 0 Å². The number of carbonyl (C=O) groups is 2.